The van der Waals surface area contributed by atoms with Gasteiger partial charge in [-0.05, 0) is 39.9 Å². The SMILES string of the molecule is CCC1CN(C)CCCN1CCOC(C)C(=N)N. The summed E-state index contributed by atoms with van der Waals surface area (Å²) in [5.41, 5.74) is 5.39. The third-order valence-corrected chi connectivity index (χ3v) is 3.68. The Morgan fingerprint density at radius 3 is 2.83 bits per heavy atom. The fourth-order valence-electron chi connectivity index (χ4n) is 2.41. The van der Waals surface area contributed by atoms with E-state index in [0.717, 1.165) is 19.6 Å². The summed E-state index contributed by atoms with van der Waals surface area (Å²) in [6.45, 7) is 9.12. The highest BCUT2D eigenvalue weighted by Crippen LogP contribution is 2.11. The van der Waals surface area contributed by atoms with E-state index in [9.17, 15) is 0 Å². The minimum absolute atomic E-state index is 0.109. The topological polar surface area (TPSA) is 65.6 Å². The van der Waals surface area contributed by atoms with E-state index in [0.29, 0.717) is 12.6 Å². The molecule has 106 valence electrons. The van der Waals surface area contributed by atoms with Crippen molar-refractivity contribution in [2.45, 2.75) is 38.8 Å². The third kappa shape index (κ3) is 4.92. The van der Waals surface area contributed by atoms with Gasteiger partial charge < -0.3 is 15.4 Å². The lowest BCUT2D eigenvalue weighted by Gasteiger charge is -2.30. The number of hydrogen-bond donors (Lipinski definition) is 2. The summed E-state index contributed by atoms with van der Waals surface area (Å²) in [4.78, 5) is 4.92. The minimum Gasteiger partial charge on any atom is -0.385 e. The van der Waals surface area contributed by atoms with E-state index >= 15 is 0 Å². The zero-order chi connectivity index (χ0) is 13.5. The molecular formula is C13H28N4O. The summed E-state index contributed by atoms with van der Waals surface area (Å²) in [6.07, 6.45) is 2.13. The number of hydrogen-bond acceptors (Lipinski definition) is 4. The fourth-order valence-corrected chi connectivity index (χ4v) is 2.41. The second kappa shape index (κ2) is 7.71. The van der Waals surface area contributed by atoms with Crippen LogP contribution in [0.1, 0.15) is 26.7 Å². The zero-order valence-corrected chi connectivity index (χ0v) is 12.0. The molecule has 0 aromatic rings. The Morgan fingerprint density at radius 1 is 1.50 bits per heavy atom. The van der Waals surface area contributed by atoms with Crippen molar-refractivity contribution in [3.63, 3.8) is 0 Å². The van der Waals surface area contributed by atoms with E-state index in [2.05, 4.69) is 23.8 Å². The molecule has 5 heteroatoms. The molecule has 0 radical (unpaired) electrons. The maximum Gasteiger partial charge on any atom is 0.120 e. The van der Waals surface area contributed by atoms with Crippen LogP contribution in [0.3, 0.4) is 0 Å². The van der Waals surface area contributed by atoms with E-state index in [4.69, 9.17) is 15.9 Å². The van der Waals surface area contributed by atoms with Gasteiger partial charge in [0, 0.05) is 19.1 Å². The summed E-state index contributed by atoms with van der Waals surface area (Å²) < 4.78 is 5.56. The van der Waals surface area contributed by atoms with Gasteiger partial charge >= 0.3 is 0 Å². The first-order valence-corrected chi connectivity index (χ1v) is 6.92. The highest BCUT2D eigenvalue weighted by Gasteiger charge is 2.21. The quantitative estimate of drug-likeness (QED) is 0.543. The van der Waals surface area contributed by atoms with Crippen LogP contribution in [0.5, 0.6) is 0 Å². The Bertz CT molecular complexity index is 259. The molecule has 2 unspecified atom stereocenters. The number of nitrogens with one attached hydrogen (secondary N) is 1. The molecule has 1 saturated heterocycles. The normalized spacial score (nSPS) is 24.7. The number of nitrogens with two attached hydrogens (primary N) is 1. The predicted octanol–water partition coefficient (Wildman–Crippen LogP) is 0.744. The number of amidine groups is 1. The van der Waals surface area contributed by atoms with Crippen LogP contribution < -0.4 is 5.73 Å². The smallest absolute Gasteiger partial charge is 0.120 e. The van der Waals surface area contributed by atoms with Gasteiger partial charge in [0.25, 0.3) is 0 Å². The van der Waals surface area contributed by atoms with Crippen molar-refractivity contribution in [1.29, 1.82) is 5.41 Å². The van der Waals surface area contributed by atoms with Crippen molar-refractivity contribution in [2.24, 2.45) is 5.73 Å². The van der Waals surface area contributed by atoms with Crippen LogP contribution in [0.25, 0.3) is 0 Å². The third-order valence-electron chi connectivity index (χ3n) is 3.68. The molecule has 0 amide bonds. The summed E-state index contributed by atoms with van der Waals surface area (Å²) in [5, 5.41) is 7.29. The Morgan fingerprint density at radius 2 is 2.22 bits per heavy atom. The zero-order valence-electron chi connectivity index (χ0n) is 12.0. The first kappa shape index (κ1) is 15.4. The molecular weight excluding hydrogens is 228 g/mol. The standard InChI is InChI=1S/C13H28N4O/c1-4-12-10-16(3)6-5-7-17(12)8-9-18-11(2)13(14)15/h11-12H,4-10H2,1-3H3,(H3,14,15). The molecule has 1 rings (SSSR count). The van der Waals surface area contributed by atoms with Crippen molar-refractivity contribution in [3.8, 4) is 0 Å². The van der Waals surface area contributed by atoms with Gasteiger partial charge in [0.1, 0.15) is 11.9 Å². The summed E-state index contributed by atoms with van der Waals surface area (Å²) in [5.74, 6) is 0.109. The molecule has 3 N–H and O–H groups in total. The summed E-state index contributed by atoms with van der Waals surface area (Å²) in [6, 6.07) is 0.619. The molecule has 0 aromatic carbocycles. The van der Waals surface area contributed by atoms with Crippen LogP contribution in [0.15, 0.2) is 0 Å². The van der Waals surface area contributed by atoms with Gasteiger partial charge in [-0.15, -0.1) is 0 Å². The molecule has 0 spiro atoms. The van der Waals surface area contributed by atoms with Gasteiger partial charge in [-0.25, -0.2) is 0 Å². The number of ether oxygens (including phenoxy) is 1. The maximum atomic E-state index is 7.29. The molecule has 1 heterocycles. The van der Waals surface area contributed by atoms with E-state index in [1.165, 1.54) is 19.4 Å². The van der Waals surface area contributed by atoms with Crippen molar-refractivity contribution < 1.29 is 4.74 Å². The Labute approximate surface area is 111 Å². The molecule has 0 aromatic heterocycles. The van der Waals surface area contributed by atoms with Gasteiger partial charge in [0.2, 0.25) is 0 Å². The second-order valence-corrected chi connectivity index (χ2v) is 5.18. The molecule has 0 saturated carbocycles. The Hall–Kier alpha value is -0.650. The highest BCUT2D eigenvalue weighted by atomic mass is 16.5. The van der Waals surface area contributed by atoms with Gasteiger partial charge in [0.15, 0.2) is 0 Å². The van der Waals surface area contributed by atoms with Crippen LogP contribution in [-0.2, 0) is 4.74 Å². The van der Waals surface area contributed by atoms with E-state index in [1.807, 2.05) is 6.92 Å². The molecule has 0 aliphatic carbocycles. The van der Waals surface area contributed by atoms with Crippen molar-refractivity contribution in [1.82, 2.24) is 9.80 Å². The molecule has 1 aliphatic heterocycles. The monoisotopic (exact) mass is 256 g/mol. The van der Waals surface area contributed by atoms with Gasteiger partial charge in [-0.1, -0.05) is 6.92 Å². The van der Waals surface area contributed by atoms with Crippen LogP contribution in [0, 0.1) is 5.41 Å². The molecule has 18 heavy (non-hydrogen) atoms. The predicted molar refractivity (Wildman–Crippen MR) is 75.1 cm³/mol. The van der Waals surface area contributed by atoms with Crippen LogP contribution in [0.2, 0.25) is 0 Å². The Balaban J connectivity index is 2.36. The Kier molecular flexibility index (Phi) is 6.60. The highest BCUT2D eigenvalue weighted by molar-refractivity contribution is 5.81. The minimum atomic E-state index is -0.264. The summed E-state index contributed by atoms with van der Waals surface area (Å²) >= 11 is 0. The van der Waals surface area contributed by atoms with Gasteiger partial charge in [-0.2, -0.15) is 0 Å². The number of likely N-dealkylation sites (N-methyl/N-ethyl adjacent to an activating group) is 1. The van der Waals surface area contributed by atoms with E-state index in [-0.39, 0.29) is 11.9 Å². The van der Waals surface area contributed by atoms with E-state index < -0.39 is 0 Å². The van der Waals surface area contributed by atoms with Gasteiger partial charge in [-0.3, -0.25) is 10.3 Å². The number of nitrogens with zero attached hydrogens (tertiary/aromatic N) is 2. The average Bonchev–Trinajstić information content (AvgIpc) is 2.50. The van der Waals surface area contributed by atoms with Gasteiger partial charge in [0.05, 0.1) is 6.61 Å². The molecule has 0 bridgehead atoms. The molecule has 2 atom stereocenters. The first-order chi connectivity index (χ1) is 8.54. The maximum absolute atomic E-state index is 7.29. The van der Waals surface area contributed by atoms with Crippen LogP contribution in [0.4, 0.5) is 0 Å². The lowest BCUT2D eigenvalue weighted by molar-refractivity contribution is 0.0690. The van der Waals surface area contributed by atoms with Crippen molar-refractivity contribution in [3.05, 3.63) is 0 Å². The van der Waals surface area contributed by atoms with Crippen molar-refractivity contribution >= 4 is 5.84 Å². The van der Waals surface area contributed by atoms with Crippen molar-refractivity contribution in [2.75, 3.05) is 39.8 Å². The number of rotatable bonds is 6. The molecule has 1 fully saturated rings. The largest absolute Gasteiger partial charge is 0.385 e. The molecule has 1 aliphatic rings. The molecule has 5 nitrogen and oxygen atoms in total. The summed E-state index contributed by atoms with van der Waals surface area (Å²) in [7, 11) is 2.19. The fraction of sp³-hybridized carbons (Fsp3) is 0.923. The lowest BCUT2D eigenvalue weighted by Crippen LogP contribution is -2.42. The van der Waals surface area contributed by atoms with Crippen LogP contribution in [-0.4, -0.2) is 67.6 Å². The van der Waals surface area contributed by atoms with E-state index in [1.54, 1.807) is 0 Å². The average molecular weight is 256 g/mol. The first-order valence-electron chi connectivity index (χ1n) is 6.92. The lowest BCUT2D eigenvalue weighted by atomic mass is 10.2. The van der Waals surface area contributed by atoms with Crippen LogP contribution >= 0.6 is 0 Å². The second-order valence-electron chi connectivity index (χ2n) is 5.18.